The van der Waals surface area contributed by atoms with Crippen LogP contribution >= 0.6 is 0 Å². The average molecular weight is 473 g/mol. The van der Waals surface area contributed by atoms with Gasteiger partial charge in [-0.1, -0.05) is 6.08 Å². The van der Waals surface area contributed by atoms with E-state index in [4.69, 9.17) is 0 Å². The van der Waals surface area contributed by atoms with Crippen molar-refractivity contribution in [2.75, 3.05) is 25.9 Å². The number of carbonyl (C=O) groups excluding carboxylic acids is 1. The van der Waals surface area contributed by atoms with E-state index in [1.54, 1.807) is 0 Å². The standard InChI is InChI=1S/C25H36N4O3S/c1-33(31,32)20-5-8-28(9-6-20)16-21-22-4-2-3-7-29(22)23(26-21)24(30)27-25-13-17-10-18(14-25)12-19(11-17)15-25/h2-4,7,17-20,23,26H,5-6,8-16H2,1H3,(H,27,30). The van der Waals surface area contributed by atoms with E-state index in [-0.39, 0.29) is 16.7 Å². The molecule has 1 atom stereocenters. The van der Waals surface area contributed by atoms with Gasteiger partial charge >= 0.3 is 0 Å². The van der Waals surface area contributed by atoms with Crippen molar-refractivity contribution in [1.29, 1.82) is 0 Å². The first-order valence-electron chi connectivity index (χ1n) is 12.6. The van der Waals surface area contributed by atoms with Crippen LogP contribution in [-0.2, 0) is 14.6 Å². The van der Waals surface area contributed by atoms with Gasteiger partial charge in [0.15, 0.2) is 6.17 Å². The number of nitrogens with one attached hydrogen (secondary N) is 2. The topological polar surface area (TPSA) is 81.8 Å². The highest BCUT2D eigenvalue weighted by Gasteiger charge is 2.52. The zero-order chi connectivity index (χ0) is 22.8. The van der Waals surface area contributed by atoms with Gasteiger partial charge in [-0.25, -0.2) is 8.42 Å². The molecular formula is C25H36N4O3S. The number of likely N-dealkylation sites (tertiary alicyclic amines) is 1. The molecule has 3 heterocycles. The summed E-state index contributed by atoms with van der Waals surface area (Å²) in [6.07, 6.45) is 17.9. The molecule has 0 aromatic carbocycles. The molecule has 0 radical (unpaired) electrons. The lowest BCUT2D eigenvalue weighted by molar-refractivity contribution is -0.131. The molecule has 2 N–H and O–H groups in total. The summed E-state index contributed by atoms with van der Waals surface area (Å²) >= 11 is 0. The monoisotopic (exact) mass is 472 g/mol. The summed E-state index contributed by atoms with van der Waals surface area (Å²) in [6.45, 7) is 2.24. The van der Waals surface area contributed by atoms with Crippen LogP contribution in [0.4, 0.5) is 0 Å². The number of amides is 1. The van der Waals surface area contributed by atoms with Crippen molar-refractivity contribution in [2.24, 2.45) is 17.8 Å². The van der Waals surface area contributed by atoms with Gasteiger partial charge < -0.3 is 15.5 Å². The molecule has 4 bridgehead atoms. The lowest BCUT2D eigenvalue weighted by Gasteiger charge is -2.57. The van der Waals surface area contributed by atoms with Crippen molar-refractivity contribution < 1.29 is 13.2 Å². The van der Waals surface area contributed by atoms with Gasteiger partial charge in [0, 0.05) is 24.5 Å². The fourth-order valence-electron chi connectivity index (χ4n) is 7.88. The fourth-order valence-corrected chi connectivity index (χ4v) is 8.94. The predicted molar refractivity (Wildman–Crippen MR) is 127 cm³/mol. The van der Waals surface area contributed by atoms with E-state index >= 15 is 0 Å². The summed E-state index contributed by atoms with van der Waals surface area (Å²) in [5, 5.41) is 6.85. The molecule has 7 rings (SSSR count). The Labute approximate surface area is 197 Å². The third kappa shape index (κ3) is 4.03. The van der Waals surface area contributed by atoms with Crippen LogP contribution in [-0.4, -0.2) is 67.0 Å². The summed E-state index contributed by atoms with van der Waals surface area (Å²) < 4.78 is 23.8. The summed E-state index contributed by atoms with van der Waals surface area (Å²) in [6, 6.07) is 0. The van der Waals surface area contributed by atoms with E-state index in [1.807, 2.05) is 18.4 Å². The summed E-state index contributed by atoms with van der Waals surface area (Å²) in [7, 11) is -2.97. The van der Waals surface area contributed by atoms with Crippen LogP contribution in [0.5, 0.6) is 0 Å². The van der Waals surface area contributed by atoms with Gasteiger partial charge in [-0.3, -0.25) is 9.69 Å². The van der Waals surface area contributed by atoms with Gasteiger partial charge in [0.05, 0.1) is 16.6 Å². The Kier molecular flexibility index (Phi) is 5.18. The van der Waals surface area contributed by atoms with Gasteiger partial charge in [-0.15, -0.1) is 0 Å². The van der Waals surface area contributed by atoms with Crippen LogP contribution in [0.3, 0.4) is 0 Å². The molecular weight excluding hydrogens is 436 g/mol. The number of sulfone groups is 1. The van der Waals surface area contributed by atoms with Crippen molar-refractivity contribution in [3.05, 3.63) is 35.8 Å². The van der Waals surface area contributed by atoms with Crippen LogP contribution < -0.4 is 10.6 Å². The molecule has 1 amide bonds. The van der Waals surface area contributed by atoms with Crippen molar-refractivity contribution >= 4 is 15.7 Å². The molecule has 1 unspecified atom stereocenters. The first-order chi connectivity index (χ1) is 15.8. The smallest absolute Gasteiger partial charge is 0.264 e. The molecule has 4 aliphatic carbocycles. The second-order valence-electron chi connectivity index (χ2n) is 11.5. The molecule has 180 valence electrons. The second-order valence-corrected chi connectivity index (χ2v) is 13.8. The molecule has 33 heavy (non-hydrogen) atoms. The quantitative estimate of drug-likeness (QED) is 0.638. The van der Waals surface area contributed by atoms with Crippen molar-refractivity contribution in [1.82, 2.24) is 20.4 Å². The molecule has 7 aliphatic rings. The first kappa shape index (κ1) is 21.7. The Morgan fingerprint density at radius 1 is 1.09 bits per heavy atom. The lowest BCUT2D eigenvalue weighted by atomic mass is 9.53. The van der Waals surface area contributed by atoms with Crippen LogP contribution in [0.2, 0.25) is 0 Å². The minimum absolute atomic E-state index is 0.000698. The maximum atomic E-state index is 13.6. The second kappa shape index (κ2) is 7.87. The zero-order valence-corrected chi connectivity index (χ0v) is 20.3. The summed E-state index contributed by atoms with van der Waals surface area (Å²) in [5.41, 5.74) is 2.10. The number of hydrogen-bond acceptors (Lipinski definition) is 6. The molecule has 8 heteroatoms. The van der Waals surface area contributed by atoms with Crippen molar-refractivity contribution in [3.63, 3.8) is 0 Å². The van der Waals surface area contributed by atoms with Crippen LogP contribution in [0.15, 0.2) is 35.8 Å². The lowest BCUT2D eigenvalue weighted by Crippen LogP contribution is -2.63. The van der Waals surface area contributed by atoms with E-state index < -0.39 is 16.0 Å². The Morgan fingerprint density at radius 3 is 2.33 bits per heavy atom. The van der Waals surface area contributed by atoms with Crippen molar-refractivity contribution in [3.8, 4) is 0 Å². The molecule has 0 spiro atoms. The third-order valence-corrected chi connectivity index (χ3v) is 10.7. The van der Waals surface area contributed by atoms with E-state index in [1.165, 1.54) is 25.5 Å². The Balaban J connectivity index is 1.13. The average Bonchev–Trinajstić information content (AvgIpc) is 3.11. The van der Waals surface area contributed by atoms with Gasteiger partial charge in [0.2, 0.25) is 0 Å². The number of nitrogens with zero attached hydrogens (tertiary/aromatic N) is 2. The van der Waals surface area contributed by atoms with E-state index in [2.05, 4.69) is 26.5 Å². The number of fused-ring (bicyclic) bond motifs is 1. The molecule has 5 fully saturated rings. The molecule has 0 aromatic heterocycles. The number of piperidine rings is 1. The first-order valence-corrected chi connectivity index (χ1v) is 14.6. The molecule has 4 saturated carbocycles. The normalized spacial score (nSPS) is 38.0. The predicted octanol–water partition coefficient (Wildman–Crippen LogP) is 2.11. The summed E-state index contributed by atoms with van der Waals surface area (Å²) in [4.78, 5) is 18.0. The van der Waals surface area contributed by atoms with Gasteiger partial charge in [-0.2, -0.15) is 0 Å². The third-order valence-electron chi connectivity index (χ3n) is 8.99. The van der Waals surface area contributed by atoms with Crippen LogP contribution in [0, 0.1) is 17.8 Å². The minimum Gasteiger partial charge on any atom is -0.358 e. The van der Waals surface area contributed by atoms with E-state index in [9.17, 15) is 13.2 Å². The van der Waals surface area contributed by atoms with Gasteiger partial charge in [0.1, 0.15) is 9.84 Å². The number of rotatable bonds is 5. The van der Waals surface area contributed by atoms with E-state index in [0.29, 0.717) is 19.4 Å². The van der Waals surface area contributed by atoms with Crippen LogP contribution in [0.1, 0.15) is 51.4 Å². The van der Waals surface area contributed by atoms with Crippen LogP contribution in [0.25, 0.3) is 0 Å². The fraction of sp³-hybridized carbons (Fsp3) is 0.720. The van der Waals surface area contributed by atoms with Gasteiger partial charge in [0.25, 0.3) is 5.91 Å². The zero-order valence-electron chi connectivity index (χ0n) is 19.5. The minimum atomic E-state index is -2.97. The number of carbonyl (C=O) groups is 1. The molecule has 0 aromatic rings. The highest BCUT2D eigenvalue weighted by atomic mass is 32.2. The maximum Gasteiger partial charge on any atom is 0.264 e. The highest BCUT2D eigenvalue weighted by Crippen LogP contribution is 2.55. The largest absolute Gasteiger partial charge is 0.358 e. The highest BCUT2D eigenvalue weighted by molar-refractivity contribution is 7.91. The Hall–Kier alpha value is -1.80. The molecule has 3 aliphatic heterocycles. The number of hydrogen-bond donors (Lipinski definition) is 2. The molecule has 1 saturated heterocycles. The SMILES string of the molecule is CS(=O)(=O)C1CCN(CC2=C3C=CC=CN3C(C(=O)NC34CC5CC(CC(C5)C3)C4)N2)CC1. The van der Waals surface area contributed by atoms with E-state index in [0.717, 1.165) is 61.5 Å². The van der Waals surface area contributed by atoms with Gasteiger partial charge in [-0.05, 0) is 94.4 Å². The summed E-state index contributed by atoms with van der Waals surface area (Å²) in [5.74, 6) is 2.47. The number of allylic oxidation sites excluding steroid dienone is 3. The van der Waals surface area contributed by atoms with Crippen molar-refractivity contribution in [2.45, 2.75) is 68.3 Å². The Bertz CT molecular complexity index is 987. The maximum absolute atomic E-state index is 13.6. The molecule has 7 nitrogen and oxygen atoms in total. The Morgan fingerprint density at radius 2 is 1.73 bits per heavy atom.